The molecule has 28 heavy (non-hydrogen) atoms. The second-order valence-corrected chi connectivity index (χ2v) is 7.94. The molecular weight excluding hydrogens is 372 g/mol. The molecule has 9 heteroatoms. The van der Waals surface area contributed by atoms with Gasteiger partial charge in [-0.1, -0.05) is 0 Å². The summed E-state index contributed by atoms with van der Waals surface area (Å²) in [4.78, 5) is 15.2. The Kier molecular flexibility index (Phi) is 5.36. The van der Waals surface area contributed by atoms with Crippen molar-refractivity contribution in [3.05, 3.63) is 42.1 Å². The van der Waals surface area contributed by atoms with Crippen molar-refractivity contribution in [1.29, 1.82) is 0 Å². The molecule has 1 aromatic carbocycles. The van der Waals surface area contributed by atoms with Gasteiger partial charge >= 0.3 is 0 Å². The van der Waals surface area contributed by atoms with E-state index in [2.05, 4.69) is 32.4 Å². The van der Waals surface area contributed by atoms with Crippen LogP contribution in [0.2, 0.25) is 0 Å². The Labute approximate surface area is 168 Å². The molecule has 1 aliphatic heterocycles. The predicted molar refractivity (Wildman–Crippen MR) is 113 cm³/mol. The van der Waals surface area contributed by atoms with Crippen LogP contribution in [0.3, 0.4) is 0 Å². The Bertz CT molecular complexity index is 931. The van der Waals surface area contributed by atoms with E-state index in [0.29, 0.717) is 5.16 Å². The highest BCUT2D eigenvalue weighted by molar-refractivity contribution is 7.99. The molecule has 0 saturated carbocycles. The highest BCUT2D eigenvalue weighted by Gasteiger charge is 2.18. The van der Waals surface area contributed by atoms with Gasteiger partial charge in [0.25, 0.3) is 0 Å². The molecule has 1 saturated heterocycles. The van der Waals surface area contributed by atoms with Gasteiger partial charge in [-0.3, -0.25) is 5.10 Å². The number of likely N-dealkylation sites (N-methyl/N-ethyl adjacent to an activating group) is 1. The standard InChI is InChI=1S/C19H24N8S/c1-13-11-17(25-24-13)21-16-12-18(27-9-7-26(2)8-10-27)23-19(22-16)28-15-5-3-14(20)4-6-15/h3-6,11-12H,7-10,20H2,1-2H3,(H2,21,22,23,24,25). The number of nitrogens with zero attached hydrogens (tertiary/aromatic N) is 5. The number of nitrogens with two attached hydrogens (primary N) is 1. The van der Waals surface area contributed by atoms with Gasteiger partial charge in [-0.15, -0.1) is 0 Å². The van der Waals surface area contributed by atoms with E-state index in [1.807, 2.05) is 43.3 Å². The van der Waals surface area contributed by atoms with Gasteiger partial charge in [0, 0.05) is 48.9 Å². The summed E-state index contributed by atoms with van der Waals surface area (Å²) in [6, 6.07) is 11.7. The van der Waals surface area contributed by atoms with Gasteiger partial charge in [0.05, 0.1) is 5.69 Å². The quantitative estimate of drug-likeness (QED) is 0.447. The van der Waals surface area contributed by atoms with Crippen molar-refractivity contribution >= 4 is 34.9 Å². The largest absolute Gasteiger partial charge is 0.399 e. The van der Waals surface area contributed by atoms with Gasteiger partial charge in [-0.2, -0.15) is 5.10 Å². The van der Waals surface area contributed by atoms with Crippen LogP contribution in [-0.2, 0) is 0 Å². The second kappa shape index (κ2) is 8.07. The van der Waals surface area contributed by atoms with Crippen molar-refractivity contribution in [1.82, 2.24) is 25.1 Å². The molecule has 4 rings (SSSR count). The normalized spacial score (nSPS) is 15.0. The number of rotatable bonds is 5. The molecule has 0 atom stereocenters. The first-order chi connectivity index (χ1) is 13.5. The Morgan fingerprint density at radius 1 is 1.07 bits per heavy atom. The van der Waals surface area contributed by atoms with Crippen molar-refractivity contribution in [3.8, 4) is 0 Å². The molecule has 2 aromatic heterocycles. The summed E-state index contributed by atoms with van der Waals surface area (Å²) in [5, 5.41) is 11.1. The highest BCUT2D eigenvalue weighted by Crippen LogP contribution is 2.29. The summed E-state index contributed by atoms with van der Waals surface area (Å²) < 4.78 is 0. The first kappa shape index (κ1) is 18.6. The molecule has 0 amide bonds. The monoisotopic (exact) mass is 396 g/mol. The van der Waals surface area contributed by atoms with E-state index in [1.54, 1.807) is 0 Å². The fraction of sp³-hybridized carbons (Fsp3) is 0.316. The van der Waals surface area contributed by atoms with Gasteiger partial charge in [0.15, 0.2) is 5.16 Å². The molecule has 3 heterocycles. The van der Waals surface area contributed by atoms with Crippen LogP contribution >= 0.6 is 11.8 Å². The smallest absolute Gasteiger partial charge is 0.196 e. The maximum Gasteiger partial charge on any atom is 0.196 e. The number of nitrogen functional groups attached to an aromatic ring is 1. The summed E-state index contributed by atoms with van der Waals surface area (Å²) in [7, 11) is 2.15. The second-order valence-electron chi connectivity index (χ2n) is 6.90. The highest BCUT2D eigenvalue weighted by atomic mass is 32.2. The van der Waals surface area contributed by atoms with Crippen LogP contribution < -0.4 is 16.0 Å². The van der Waals surface area contributed by atoms with E-state index in [9.17, 15) is 0 Å². The van der Waals surface area contributed by atoms with Crippen LogP contribution in [0.25, 0.3) is 0 Å². The van der Waals surface area contributed by atoms with Crippen molar-refractivity contribution < 1.29 is 0 Å². The SMILES string of the molecule is Cc1cc(Nc2cc(N3CCN(C)CC3)nc(Sc3ccc(N)cc3)n2)[nH]n1. The van der Waals surface area contributed by atoms with Crippen LogP contribution in [0, 0.1) is 6.92 Å². The average molecular weight is 397 g/mol. The molecule has 1 fully saturated rings. The number of piperazine rings is 1. The number of aromatic nitrogens is 4. The average Bonchev–Trinajstić information content (AvgIpc) is 3.09. The van der Waals surface area contributed by atoms with Crippen LogP contribution in [-0.4, -0.2) is 58.3 Å². The summed E-state index contributed by atoms with van der Waals surface area (Å²) in [6.07, 6.45) is 0. The van der Waals surface area contributed by atoms with Crippen LogP contribution in [0.4, 0.5) is 23.1 Å². The topological polar surface area (TPSA) is 99.0 Å². The molecule has 4 N–H and O–H groups in total. The molecule has 8 nitrogen and oxygen atoms in total. The number of benzene rings is 1. The lowest BCUT2D eigenvalue weighted by atomic mass is 10.3. The summed E-state index contributed by atoms with van der Waals surface area (Å²) in [5.41, 5.74) is 7.46. The number of anilines is 4. The molecule has 0 aliphatic carbocycles. The van der Waals surface area contributed by atoms with Gasteiger partial charge in [-0.25, -0.2) is 9.97 Å². The molecule has 0 radical (unpaired) electrons. The minimum atomic E-state index is 0.694. The molecule has 146 valence electrons. The maximum atomic E-state index is 5.79. The molecule has 1 aliphatic rings. The zero-order valence-electron chi connectivity index (χ0n) is 16.0. The maximum absolute atomic E-state index is 5.79. The Morgan fingerprint density at radius 2 is 1.82 bits per heavy atom. The van der Waals surface area contributed by atoms with E-state index in [0.717, 1.165) is 59.9 Å². The number of nitrogens with one attached hydrogen (secondary N) is 2. The third-order valence-electron chi connectivity index (χ3n) is 4.58. The van der Waals surface area contributed by atoms with Gasteiger partial charge < -0.3 is 20.9 Å². The molecular formula is C19H24N8S. The third kappa shape index (κ3) is 4.55. The summed E-state index contributed by atoms with van der Waals surface area (Å²) in [5.74, 6) is 2.48. The van der Waals surface area contributed by atoms with Crippen LogP contribution in [0.15, 0.2) is 46.5 Å². The van der Waals surface area contributed by atoms with E-state index in [-0.39, 0.29) is 0 Å². The zero-order valence-corrected chi connectivity index (χ0v) is 16.8. The van der Waals surface area contributed by atoms with Crippen molar-refractivity contribution in [2.45, 2.75) is 17.0 Å². The minimum absolute atomic E-state index is 0.694. The van der Waals surface area contributed by atoms with E-state index < -0.39 is 0 Å². The lowest BCUT2D eigenvalue weighted by Crippen LogP contribution is -2.44. The Balaban J connectivity index is 1.62. The number of H-pyrrole nitrogens is 1. The first-order valence-electron chi connectivity index (χ1n) is 9.20. The number of aromatic amines is 1. The van der Waals surface area contributed by atoms with E-state index >= 15 is 0 Å². The summed E-state index contributed by atoms with van der Waals surface area (Å²) in [6.45, 7) is 5.88. The fourth-order valence-corrected chi connectivity index (χ4v) is 3.75. The molecule has 0 spiro atoms. The van der Waals surface area contributed by atoms with Crippen molar-refractivity contribution in [2.24, 2.45) is 0 Å². The number of aryl methyl sites for hydroxylation is 1. The Hall–Kier alpha value is -2.78. The first-order valence-corrected chi connectivity index (χ1v) is 10.0. The minimum Gasteiger partial charge on any atom is -0.399 e. The molecule has 3 aromatic rings. The molecule has 0 unspecified atom stereocenters. The van der Waals surface area contributed by atoms with Crippen molar-refractivity contribution in [2.75, 3.05) is 49.2 Å². The van der Waals surface area contributed by atoms with Gasteiger partial charge in [0.2, 0.25) is 0 Å². The third-order valence-corrected chi connectivity index (χ3v) is 5.45. The predicted octanol–water partition coefficient (Wildman–Crippen LogP) is 2.74. The van der Waals surface area contributed by atoms with E-state index in [4.69, 9.17) is 15.7 Å². The number of hydrogen-bond acceptors (Lipinski definition) is 8. The zero-order chi connectivity index (χ0) is 19.5. The lowest BCUT2D eigenvalue weighted by Gasteiger charge is -2.33. The van der Waals surface area contributed by atoms with Gasteiger partial charge in [-0.05, 0) is 50.0 Å². The fourth-order valence-electron chi connectivity index (χ4n) is 2.99. The van der Waals surface area contributed by atoms with Crippen molar-refractivity contribution in [3.63, 3.8) is 0 Å². The lowest BCUT2D eigenvalue weighted by molar-refractivity contribution is 0.312. The summed E-state index contributed by atoms with van der Waals surface area (Å²) >= 11 is 1.52. The van der Waals surface area contributed by atoms with E-state index in [1.165, 1.54) is 11.8 Å². The molecule has 0 bridgehead atoms. The van der Waals surface area contributed by atoms with Crippen LogP contribution in [0.5, 0.6) is 0 Å². The Morgan fingerprint density at radius 3 is 2.50 bits per heavy atom. The number of hydrogen-bond donors (Lipinski definition) is 3. The van der Waals surface area contributed by atoms with Gasteiger partial charge in [0.1, 0.15) is 17.5 Å². The van der Waals surface area contributed by atoms with Crippen LogP contribution in [0.1, 0.15) is 5.69 Å².